The molecule has 0 radical (unpaired) electrons. The molecule has 0 unspecified atom stereocenters. The topological polar surface area (TPSA) is 91.1 Å². The molecule has 0 amide bonds. The fourth-order valence-electron chi connectivity index (χ4n) is 4.91. The fraction of sp³-hybridized carbons (Fsp3) is 0.321. The number of hydrogen-bond acceptors (Lipinski definition) is 6. The zero-order valence-electron chi connectivity index (χ0n) is 21.1. The van der Waals surface area contributed by atoms with Crippen molar-refractivity contribution in [1.82, 2.24) is 19.9 Å². The van der Waals surface area contributed by atoms with Gasteiger partial charge in [0.1, 0.15) is 11.6 Å². The molecule has 1 saturated heterocycles. The number of aromatic amines is 1. The molecule has 5 rings (SSSR count). The minimum absolute atomic E-state index is 0.0511. The summed E-state index contributed by atoms with van der Waals surface area (Å²) in [6.45, 7) is 5.63. The summed E-state index contributed by atoms with van der Waals surface area (Å²) in [4.78, 5) is 27.7. The van der Waals surface area contributed by atoms with Crippen molar-refractivity contribution in [3.63, 3.8) is 0 Å². The van der Waals surface area contributed by atoms with Gasteiger partial charge in [0.05, 0.1) is 10.9 Å². The van der Waals surface area contributed by atoms with Crippen molar-refractivity contribution in [2.75, 3.05) is 43.4 Å². The van der Waals surface area contributed by atoms with Gasteiger partial charge in [-0.05, 0) is 61.3 Å². The van der Waals surface area contributed by atoms with Crippen molar-refractivity contribution in [1.29, 1.82) is 0 Å². The predicted octanol–water partition coefficient (Wildman–Crippen LogP) is 4.85. The quantitative estimate of drug-likeness (QED) is 0.337. The van der Waals surface area contributed by atoms with Gasteiger partial charge in [-0.25, -0.2) is 18.7 Å². The highest BCUT2D eigenvalue weighted by Crippen LogP contribution is 2.33. The number of piperazine rings is 1. The van der Waals surface area contributed by atoms with Gasteiger partial charge in [0, 0.05) is 49.4 Å². The number of nitrogens with zero attached hydrogens (tertiary/aromatic N) is 4. The molecular weight excluding hydrogens is 493 g/mol. The van der Waals surface area contributed by atoms with Crippen LogP contribution >= 0.6 is 0 Å². The number of H-pyrrole nitrogens is 1. The maximum Gasteiger partial charge on any atom is 0.258 e. The number of nitrogen functional groups attached to an aromatic ring is 1. The molecule has 198 valence electrons. The molecule has 3 heterocycles. The molecule has 0 saturated carbocycles. The molecule has 7 nitrogen and oxygen atoms in total. The fourth-order valence-corrected chi connectivity index (χ4v) is 4.91. The van der Waals surface area contributed by atoms with Crippen molar-refractivity contribution >= 4 is 22.4 Å². The van der Waals surface area contributed by atoms with Gasteiger partial charge in [-0.15, -0.1) is 0 Å². The van der Waals surface area contributed by atoms with Crippen molar-refractivity contribution in [2.45, 2.75) is 26.2 Å². The molecule has 4 aromatic rings. The SMILES string of the molecule is Cc1nc2cc(-c3cc(-c4ccc(N5CCN(CCCC(F)F)CC5)cc4)c(F)nc3N)ccc2c(=O)[nH]1. The number of aromatic nitrogens is 3. The Labute approximate surface area is 218 Å². The summed E-state index contributed by atoms with van der Waals surface area (Å²) in [5.74, 6) is -0.114. The minimum atomic E-state index is -2.24. The van der Waals surface area contributed by atoms with Gasteiger partial charge >= 0.3 is 0 Å². The number of benzene rings is 2. The summed E-state index contributed by atoms with van der Waals surface area (Å²) in [6, 6.07) is 14.5. The number of nitrogens with one attached hydrogen (secondary N) is 1. The Morgan fingerprint density at radius 3 is 2.39 bits per heavy atom. The van der Waals surface area contributed by atoms with E-state index in [1.807, 2.05) is 24.3 Å². The van der Waals surface area contributed by atoms with E-state index in [-0.39, 0.29) is 17.8 Å². The number of fused-ring (bicyclic) bond motifs is 1. The summed E-state index contributed by atoms with van der Waals surface area (Å²) < 4.78 is 39.7. The van der Waals surface area contributed by atoms with Gasteiger partial charge < -0.3 is 15.6 Å². The lowest BCUT2D eigenvalue weighted by Gasteiger charge is -2.36. The second-order valence-corrected chi connectivity index (χ2v) is 9.55. The van der Waals surface area contributed by atoms with E-state index < -0.39 is 12.4 Å². The molecule has 3 N–H and O–H groups in total. The first kappa shape index (κ1) is 25.7. The molecule has 0 spiro atoms. The van der Waals surface area contributed by atoms with E-state index in [0.717, 1.165) is 31.9 Å². The molecular formula is C28H29F3N6O. The van der Waals surface area contributed by atoms with Gasteiger partial charge in [-0.3, -0.25) is 9.69 Å². The number of hydrogen-bond donors (Lipinski definition) is 2. The second-order valence-electron chi connectivity index (χ2n) is 9.55. The maximum absolute atomic E-state index is 14.9. The van der Waals surface area contributed by atoms with E-state index in [2.05, 4.69) is 24.8 Å². The normalized spacial score (nSPS) is 14.5. The van der Waals surface area contributed by atoms with Crippen LogP contribution in [-0.4, -0.2) is 59.0 Å². The first-order chi connectivity index (χ1) is 18.3. The first-order valence-corrected chi connectivity index (χ1v) is 12.6. The summed E-state index contributed by atoms with van der Waals surface area (Å²) in [6.07, 6.45) is -1.80. The van der Waals surface area contributed by atoms with Crippen molar-refractivity contribution in [2.24, 2.45) is 0 Å². The van der Waals surface area contributed by atoms with E-state index in [0.29, 0.717) is 51.9 Å². The lowest BCUT2D eigenvalue weighted by atomic mass is 9.99. The number of halogens is 3. The molecule has 1 fully saturated rings. The standard InChI is InChI=1S/C28H29F3N6O/c1-17-33-24-15-19(6-9-21(24)28(38)34-17)23-16-22(26(31)35-27(23)32)18-4-7-20(8-5-18)37-13-11-36(12-14-37)10-2-3-25(29)30/h4-9,15-16,25H,2-3,10-14H2,1H3,(H2,32,35)(H,33,34,38). The Balaban J connectivity index is 1.35. The van der Waals surface area contributed by atoms with Crippen LogP contribution in [0.15, 0.2) is 53.3 Å². The van der Waals surface area contributed by atoms with Crippen LogP contribution in [0.3, 0.4) is 0 Å². The molecule has 0 aliphatic carbocycles. The highest BCUT2D eigenvalue weighted by Gasteiger charge is 2.19. The van der Waals surface area contributed by atoms with Crippen LogP contribution in [0.25, 0.3) is 33.2 Å². The van der Waals surface area contributed by atoms with E-state index in [1.165, 1.54) is 0 Å². The highest BCUT2D eigenvalue weighted by molar-refractivity contribution is 5.87. The Hall–Kier alpha value is -3.92. The summed E-state index contributed by atoms with van der Waals surface area (Å²) in [7, 11) is 0. The summed E-state index contributed by atoms with van der Waals surface area (Å²) >= 11 is 0. The van der Waals surface area contributed by atoms with Crippen LogP contribution in [0.4, 0.5) is 24.7 Å². The second kappa shape index (κ2) is 10.8. The summed E-state index contributed by atoms with van der Waals surface area (Å²) in [5.41, 5.74) is 9.63. The smallest absolute Gasteiger partial charge is 0.258 e. The maximum atomic E-state index is 14.9. The van der Waals surface area contributed by atoms with Crippen molar-refractivity contribution in [3.8, 4) is 22.3 Å². The predicted molar refractivity (Wildman–Crippen MR) is 144 cm³/mol. The number of rotatable bonds is 7. The van der Waals surface area contributed by atoms with Gasteiger partial charge in [-0.2, -0.15) is 4.39 Å². The molecule has 0 atom stereocenters. The number of aryl methyl sites for hydroxylation is 1. The van der Waals surface area contributed by atoms with E-state index in [4.69, 9.17) is 5.73 Å². The monoisotopic (exact) mass is 522 g/mol. The Morgan fingerprint density at radius 1 is 0.974 bits per heavy atom. The van der Waals surface area contributed by atoms with Gasteiger partial charge in [0.15, 0.2) is 0 Å². The third kappa shape index (κ3) is 5.50. The zero-order valence-corrected chi connectivity index (χ0v) is 21.1. The number of anilines is 2. The number of pyridine rings is 1. The van der Waals surface area contributed by atoms with Gasteiger partial charge in [0.2, 0.25) is 12.4 Å². The number of nitrogens with two attached hydrogens (primary N) is 1. The Morgan fingerprint density at radius 2 is 1.68 bits per heavy atom. The largest absolute Gasteiger partial charge is 0.383 e. The third-order valence-corrected chi connectivity index (χ3v) is 6.95. The molecule has 2 aromatic carbocycles. The van der Waals surface area contributed by atoms with E-state index in [1.54, 1.807) is 31.2 Å². The minimum Gasteiger partial charge on any atom is -0.383 e. The lowest BCUT2D eigenvalue weighted by molar-refractivity contribution is 0.127. The zero-order chi connectivity index (χ0) is 26.8. The van der Waals surface area contributed by atoms with Crippen LogP contribution in [0.1, 0.15) is 18.7 Å². The lowest BCUT2D eigenvalue weighted by Crippen LogP contribution is -2.46. The van der Waals surface area contributed by atoms with Crippen LogP contribution in [0, 0.1) is 12.9 Å². The molecule has 38 heavy (non-hydrogen) atoms. The van der Waals surface area contributed by atoms with Crippen LogP contribution in [0.2, 0.25) is 0 Å². The molecule has 2 aromatic heterocycles. The average molecular weight is 523 g/mol. The average Bonchev–Trinajstić information content (AvgIpc) is 2.89. The van der Waals surface area contributed by atoms with E-state index in [9.17, 15) is 18.0 Å². The van der Waals surface area contributed by atoms with Gasteiger partial charge in [-0.1, -0.05) is 18.2 Å². The van der Waals surface area contributed by atoms with Crippen molar-refractivity contribution in [3.05, 3.63) is 70.7 Å². The summed E-state index contributed by atoms with van der Waals surface area (Å²) in [5, 5.41) is 0.456. The molecule has 1 aliphatic rings. The first-order valence-electron chi connectivity index (χ1n) is 12.6. The number of alkyl halides is 2. The van der Waals surface area contributed by atoms with Crippen LogP contribution < -0.4 is 16.2 Å². The highest BCUT2D eigenvalue weighted by atomic mass is 19.3. The molecule has 1 aliphatic heterocycles. The molecule has 10 heteroatoms. The Bertz CT molecular complexity index is 1500. The van der Waals surface area contributed by atoms with E-state index >= 15 is 0 Å². The van der Waals surface area contributed by atoms with Crippen molar-refractivity contribution < 1.29 is 13.2 Å². The Kier molecular flexibility index (Phi) is 7.33. The van der Waals surface area contributed by atoms with Crippen LogP contribution in [0.5, 0.6) is 0 Å². The van der Waals surface area contributed by atoms with Gasteiger partial charge in [0.25, 0.3) is 5.56 Å². The molecule has 0 bridgehead atoms. The van der Waals surface area contributed by atoms with Crippen LogP contribution in [-0.2, 0) is 0 Å². The third-order valence-electron chi connectivity index (χ3n) is 6.95.